The van der Waals surface area contributed by atoms with Crippen molar-refractivity contribution < 1.29 is 4.74 Å². The highest BCUT2D eigenvalue weighted by molar-refractivity contribution is 5.28. The molecular weight excluding hydrogens is 186 g/mol. The van der Waals surface area contributed by atoms with E-state index in [9.17, 15) is 0 Å². The molecular formula is C13H15NO. The molecule has 0 fully saturated rings. The highest BCUT2D eigenvalue weighted by atomic mass is 16.5. The first-order chi connectivity index (χ1) is 7.22. The summed E-state index contributed by atoms with van der Waals surface area (Å²) in [5.74, 6) is 0. The average molecular weight is 201 g/mol. The van der Waals surface area contributed by atoms with Gasteiger partial charge in [0.15, 0.2) is 0 Å². The van der Waals surface area contributed by atoms with E-state index < -0.39 is 0 Å². The van der Waals surface area contributed by atoms with E-state index in [1.807, 2.05) is 44.2 Å². The van der Waals surface area contributed by atoms with Gasteiger partial charge >= 0.3 is 0 Å². The van der Waals surface area contributed by atoms with E-state index in [-0.39, 0.29) is 6.10 Å². The molecule has 0 bridgehead atoms. The largest absolute Gasteiger partial charge is 0.498 e. The minimum atomic E-state index is 0.115. The number of ether oxygens (including phenoxy) is 1. The zero-order valence-electron chi connectivity index (χ0n) is 9.10. The lowest BCUT2D eigenvalue weighted by molar-refractivity contribution is 0.177. The van der Waals surface area contributed by atoms with Gasteiger partial charge in [-0.15, -0.1) is 0 Å². The number of hydrogen-bond donors (Lipinski definition) is 0. The predicted octanol–water partition coefficient (Wildman–Crippen LogP) is 3.06. The van der Waals surface area contributed by atoms with Crippen LogP contribution < -0.4 is 0 Å². The van der Waals surface area contributed by atoms with Gasteiger partial charge in [-0.25, -0.2) is 0 Å². The van der Waals surface area contributed by atoms with Crippen molar-refractivity contribution in [1.82, 2.24) is 0 Å². The summed E-state index contributed by atoms with van der Waals surface area (Å²) in [5.41, 5.74) is 1.77. The zero-order valence-corrected chi connectivity index (χ0v) is 9.10. The second kappa shape index (κ2) is 5.87. The first-order valence-corrected chi connectivity index (χ1v) is 5.01. The molecule has 0 aliphatic rings. The van der Waals surface area contributed by atoms with Crippen molar-refractivity contribution in [3.8, 4) is 6.07 Å². The SMILES string of the molecule is CC(C)O/C=C(\C#N)Cc1ccccc1. The van der Waals surface area contributed by atoms with Crippen LogP contribution >= 0.6 is 0 Å². The van der Waals surface area contributed by atoms with Crippen LogP contribution in [-0.2, 0) is 11.2 Å². The molecule has 2 nitrogen and oxygen atoms in total. The number of hydrogen-bond acceptors (Lipinski definition) is 2. The zero-order chi connectivity index (χ0) is 11.1. The maximum atomic E-state index is 8.90. The summed E-state index contributed by atoms with van der Waals surface area (Å²) < 4.78 is 5.28. The van der Waals surface area contributed by atoms with Crippen molar-refractivity contribution in [1.29, 1.82) is 5.26 Å². The maximum Gasteiger partial charge on any atom is 0.0982 e. The molecule has 0 saturated heterocycles. The Morgan fingerprint density at radius 2 is 2.07 bits per heavy atom. The third-order valence-corrected chi connectivity index (χ3v) is 1.86. The highest BCUT2D eigenvalue weighted by Crippen LogP contribution is 2.07. The van der Waals surface area contributed by atoms with Crippen molar-refractivity contribution in [3.63, 3.8) is 0 Å². The number of benzene rings is 1. The molecule has 0 aliphatic carbocycles. The summed E-state index contributed by atoms with van der Waals surface area (Å²) in [6, 6.07) is 12.0. The van der Waals surface area contributed by atoms with Crippen molar-refractivity contribution >= 4 is 0 Å². The Kier molecular flexibility index (Phi) is 4.43. The molecule has 1 rings (SSSR count). The molecule has 0 aliphatic heterocycles. The topological polar surface area (TPSA) is 33.0 Å². The van der Waals surface area contributed by atoms with Gasteiger partial charge in [-0.2, -0.15) is 5.26 Å². The van der Waals surface area contributed by atoms with Crippen molar-refractivity contribution in [2.75, 3.05) is 0 Å². The van der Waals surface area contributed by atoms with Crippen molar-refractivity contribution in [3.05, 3.63) is 47.7 Å². The van der Waals surface area contributed by atoms with E-state index in [0.717, 1.165) is 5.56 Å². The van der Waals surface area contributed by atoms with Gasteiger partial charge in [-0.05, 0) is 19.4 Å². The third-order valence-electron chi connectivity index (χ3n) is 1.86. The summed E-state index contributed by atoms with van der Waals surface area (Å²) in [4.78, 5) is 0. The van der Waals surface area contributed by atoms with Gasteiger partial charge in [-0.1, -0.05) is 30.3 Å². The lowest BCUT2D eigenvalue weighted by atomic mass is 10.1. The summed E-state index contributed by atoms with van der Waals surface area (Å²) in [6.07, 6.45) is 2.30. The Morgan fingerprint density at radius 1 is 1.40 bits per heavy atom. The molecule has 0 unspecified atom stereocenters. The molecule has 0 saturated carbocycles. The molecule has 0 N–H and O–H groups in total. The Morgan fingerprint density at radius 3 is 2.60 bits per heavy atom. The molecule has 1 aromatic rings. The van der Waals surface area contributed by atoms with Crippen LogP contribution in [0.5, 0.6) is 0 Å². The molecule has 15 heavy (non-hydrogen) atoms. The summed E-state index contributed by atoms with van der Waals surface area (Å²) >= 11 is 0. The first kappa shape index (κ1) is 11.3. The van der Waals surface area contributed by atoms with E-state index >= 15 is 0 Å². The molecule has 0 amide bonds. The number of rotatable bonds is 4. The molecule has 0 spiro atoms. The lowest BCUT2D eigenvalue weighted by Crippen LogP contribution is -1.97. The maximum absolute atomic E-state index is 8.90. The Labute approximate surface area is 90.8 Å². The van der Waals surface area contributed by atoms with Gasteiger partial charge in [0.05, 0.1) is 24.0 Å². The van der Waals surface area contributed by atoms with Gasteiger partial charge in [0.2, 0.25) is 0 Å². The molecule has 0 radical (unpaired) electrons. The third kappa shape index (κ3) is 4.33. The fourth-order valence-electron chi connectivity index (χ4n) is 1.14. The van der Waals surface area contributed by atoms with Crippen LogP contribution in [0, 0.1) is 11.3 Å². The monoisotopic (exact) mass is 201 g/mol. The smallest absolute Gasteiger partial charge is 0.0982 e. The average Bonchev–Trinajstić information content (AvgIpc) is 2.25. The summed E-state index contributed by atoms with van der Waals surface area (Å²) in [5, 5.41) is 8.90. The minimum Gasteiger partial charge on any atom is -0.498 e. The van der Waals surface area contributed by atoms with Crippen molar-refractivity contribution in [2.45, 2.75) is 26.4 Å². The van der Waals surface area contributed by atoms with E-state index in [2.05, 4.69) is 6.07 Å². The van der Waals surface area contributed by atoms with Crippen molar-refractivity contribution in [2.24, 2.45) is 0 Å². The van der Waals surface area contributed by atoms with Crippen LogP contribution in [0.1, 0.15) is 19.4 Å². The van der Waals surface area contributed by atoms with E-state index in [0.29, 0.717) is 12.0 Å². The second-order valence-corrected chi connectivity index (χ2v) is 3.60. The Hall–Kier alpha value is -1.75. The number of nitriles is 1. The van der Waals surface area contributed by atoms with Crippen LogP contribution in [0.25, 0.3) is 0 Å². The van der Waals surface area contributed by atoms with Gasteiger partial charge in [-0.3, -0.25) is 0 Å². The Bertz CT molecular complexity index is 360. The van der Waals surface area contributed by atoms with Crippen LogP contribution in [0.4, 0.5) is 0 Å². The standard InChI is InChI=1S/C13H15NO/c1-11(2)15-10-13(9-14)8-12-6-4-3-5-7-12/h3-7,10-11H,8H2,1-2H3/b13-10-. The molecule has 0 atom stereocenters. The predicted molar refractivity (Wildman–Crippen MR) is 60.1 cm³/mol. The van der Waals surface area contributed by atoms with Crippen LogP contribution in [-0.4, -0.2) is 6.10 Å². The van der Waals surface area contributed by atoms with E-state index in [1.54, 1.807) is 6.26 Å². The summed E-state index contributed by atoms with van der Waals surface area (Å²) in [7, 11) is 0. The van der Waals surface area contributed by atoms with Gasteiger partial charge in [0.1, 0.15) is 0 Å². The fraction of sp³-hybridized carbons (Fsp3) is 0.308. The fourth-order valence-corrected chi connectivity index (χ4v) is 1.14. The van der Waals surface area contributed by atoms with Gasteiger partial charge < -0.3 is 4.74 Å². The minimum absolute atomic E-state index is 0.115. The second-order valence-electron chi connectivity index (χ2n) is 3.60. The van der Waals surface area contributed by atoms with Crippen LogP contribution in [0.15, 0.2) is 42.2 Å². The number of nitrogens with zero attached hydrogens (tertiary/aromatic N) is 1. The molecule has 78 valence electrons. The van der Waals surface area contributed by atoms with Crippen LogP contribution in [0.3, 0.4) is 0 Å². The molecule has 0 aromatic heterocycles. The normalized spacial score (nSPS) is 11.2. The quantitative estimate of drug-likeness (QED) is 0.554. The highest BCUT2D eigenvalue weighted by Gasteiger charge is 1.99. The summed E-state index contributed by atoms with van der Waals surface area (Å²) in [6.45, 7) is 3.88. The first-order valence-electron chi connectivity index (χ1n) is 5.01. The van der Waals surface area contributed by atoms with E-state index in [4.69, 9.17) is 10.00 Å². The Balaban J connectivity index is 2.63. The van der Waals surface area contributed by atoms with E-state index in [1.165, 1.54) is 0 Å². The molecule has 0 heterocycles. The lowest BCUT2D eigenvalue weighted by Gasteiger charge is -2.05. The van der Waals surface area contributed by atoms with Crippen LogP contribution in [0.2, 0.25) is 0 Å². The molecule has 1 aromatic carbocycles. The van der Waals surface area contributed by atoms with Gasteiger partial charge in [0, 0.05) is 6.42 Å². The van der Waals surface area contributed by atoms with Gasteiger partial charge in [0.25, 0.3) is 0 Å². The molecule has 2 heteroatoms. The number of allylic oxidation sites excluding steroid dienone is 1.